The number of hydrogen-bond acceptors (Lipinski definition) is 2. The summed E-state index contributed by atoms with van der Waals surface area (Å²) >= 11 is 0. The number of carbonyl (C=O) groups excluding carboxylic acids is 1. The molecular formula is C19H29ClN2O. The largest absolute Gasteiger partial charge is 0.312 e. The van der Waals surface area contributed by atoms with Gasteiger partial charge in [0.05, 0.1) is 0 Å². The van der Waals surface area contributed by atoms with Crippen molar-refractivity contribution in [2.24, 2.45) is 5.92 Å². The molecule has 0 bridgehead atoms. The summed E-state index contributed by atoms with van der Waals surface area (Å²) in [5, 5.41) is 0. The van der Waals surface area contributed by atoms with Crippen molar-refractivity contribution >= 4 is 24.0 Å². The highest BCUT2D eigenvalue weighted by molar-refractivity contribution is 5.95. The summed E-state index contributed by atoms with van der Waals surface area (Å²) in [5.74, 6) is 0.792. The van der Waals surface area contributed by atoms with E-state index in [2.05, 4.69) is 36.1 Å². The van der Waals surface area contributed by atoms with Crippen LogP contribution in [-0.2, 0) is 11.2 Å². The van der Waals surface area contributed by atoms with Crippen LogP contribution in [-0.4, -0.2) is 37.0 Å². The van der Waals surface area contributed by atoms with E-state index >= 15 is 0 Å². The van der Waals surface area contributed by atoms with Gasteiger partial charge in [-0.3, -0.25) is 4.79 Å². The number of rotatable bonds is 4. The van der Waals surface area contributed by atoms with Gasteiger partial charge < -0.3 is 9.80 Å². The van der Waals surface area contributed by atoms with E-state index in [1.165, 1.54) is 44.3 Å². The molecule has 0 aliphatic carbocycles. The monoisotopic (exact) mass is 336 g/mol. The summed E-state index contributed by atoms with van der Waals surface area (Å²) in [6.45, 7) is 6.58. The number of likely N-dealkylation sites (tertiary alicyclic amines) is 1. The first-order valence-corrected chi connectivity index (χ1v) is 8.88. The van der Waals surface area contributed by atoms with E-state index in [0.717, 1.165) is 25.2 Å². The molecule has 3 nitrogen and oxygen atoms in total. The van der Waals surface area contributed by atoms with E-state index < -0.39 is 0 Å². The fourth-order valence-corrected chi connectivity index (χ4v) is 3.75. The SMILES string of the molecule is CCc1ccc(N2CC(CN3CCCCCC3)CC2=O)cc1.Cl. The molecule has 1 atom stereocenters. The van der Waals surface area contributed by atoms with Crippen molar-refractivity contribution in [3.05, 3.63) is 29.8 Å². The molecule has 2 aliphatic heterocycles. The Bertz CT molecular complexity index is 495. The first-order chi connectivity index (χ1) is 10.8. The van der Waals surface area contributed by atoms with Crippen molar-refractivity contribution in [2.45, 2.75) is 45.4 Å². The zero-order valence-electron chi connectivity index (χ0n) is 14.2. The Kier molecular flexibility index (Phi) is 6.91. The molecule has 0 N–H and O–H groups in total. The van der Waals surface area contributed by atoms with Gasteiger partial charge in [0.25, 0.3) is 0 Å². The molecule has 0 spiro atoms. The smallest absolute Gasteiger partial charge is 0.227 e. The lowest BCUT2D eigenvalue weighted by Crippen LogP contribution is -2.32. The molecule has 2 heterocycles. The van der Waals surface area contributed by atoms with Gasteiger partial charge in [0.1, 0.15) is 0 Å². The molecule has 2 saturated heterocycles. The number of hydrogen-bond donors (Lipinski definition) is 0. The van der Waals surface area contributed by atoms with Crippen molar-refractivity contribution in [3.8, 4) is 0 Å². The number of anilines is 1. The molecule has 1 amide bonds. The fourth-order valence-electron chi connectivity index (χ4n) is 3.75. The van der Waals surface area contributed by atoms with Gasteiger partial charge in [-0.1, -0.05) is 31.9 Å². The third-order valence-corrected chi connectivity index (χ3v) is 5.08. The first-order valence-electron chi connectivity index (χ1n) is 8.88. The van der Waals surface area contributed by atoms with Crippen molar-refractivity contribution < 1.29 is 4.79 Å². The predicted molar refractivity (Wildman–Crippen MR) is 98.4 cm³/mol. The Morgan fingerprint density at radius 1 is 1.04 bits per heavy atom. The lowest BCUT2D eigenvalue weighted by Gasteiger charge is -2.23. The molecule has 2 fully saturated rings. The number of amides is 1. The number of halogens is 1. The second-order valence-electron chi connectivity index (χ2n) is 6.81. The van der Waals surface area contributed by atoms with Crippen LogP contribution in [0.3, 0.4) is 0 Å². The minimum atomic E-state index is 0. The normalized spacial score (nSPS) is 22.7. The molecule has 3 rings (SSSR count). The molecular weight excluding hydrogens is 308 g/mol. The van der Waals surface area contributed by atoms with Gasteiger partial charge in [0, 0.05) is 25.2 Å². The first kappa shape index (κ1) is 18.3. The summed E-state index contributed by atoms with van der Waals surface area (Å²) in [6, 6.07) is 8.49. The number of benzene rings is 1. The summed E-state index contributed by atoms with van der Waals surface area (Å²) in [6.07, 6.45) is 7.15. The number of aryl methyl sites for hydroxylation is 1. The van der Waals surface area contributed by atoms with E-state index in [0.29, 0.717) is 18.2 Å². The van der Waals surface area contributed by atoms with Crippen LogP contribution in [0, 0.1) is 5.92 Å². The third kappa shape index (κ3) is 4.71. The van der Waals surface area contributed by atoms with Crippen molar-refractivity contribution in [1.29, 1.82) is 0 Å². The van der Waals surface area contributed by atoms with Gasteiger partial charge in [0.15, 0.2) is 0 Å². The second-order valence-corrected chi connectivity index (χ2v) is 6.81. The third-order valence-electron chi connectivity index (χ3n) is 5.08. The van der Waals surface area contributed by atoms with Crippen LogP contribution < -0.4 is 4.90 Å². The maximum atomic E-state index is 12.4. The van der Waals surface area contributed by atoms with E-state index in [-0.39, 0.29) is 12.4 Å². The standard InChI is InChI=1S/C19H28N2O.ClH/c1-2-16-7-9-18(10-8-16)21-15-17(13-19(21)22)14-20-11-5-3-4-6-12-20;/h7-10,17H,2-6,11-15H2,1H3;1H. The van der Waals surface area contributed by atoms with Crippen LogP contribution in [0.5, 0.6) is 0 Å². The van der Waals surface area contributed by atoms with Crippen molar-refractivity contribution in [2.75, 3.05) is 31.1 Å². The molecule has 2 aliphatic rings. The Morgan fingerprint density at radius 3 is 2.30 bits per heavy atom. The van der Waals surface area contributed by atoms with E-state index in [1.807, 2.05) is 4.90 Å². The zero-order chi connectivity index (χ0) is 15.4. The lowest BCUT2D eigenvalue weighted by molar-refractivity contribution is -0.117. The molecule has 1 aromatic rings. The van der Waals surface area contributed by atoms with Gasteiger partial charge >= 0.3 is 0 Å². The molecule has 4 heteroatoms. The van der Waals surface area contributed by atoms with Crippen LogP contribution in [0.2, 0.25) is 0 Å². The lowest BCUT2D eigenvalue weighted by atomic mass is 10.1. The topological polar surface area (TPSA) is 23.6 Å². The number of nitrogens with zero attached hydrogens (tertiary/aromatic N) is 2. The second kappa shape index (κ2) is 8.70. The van der Waals surface area contributed by atoms with Crippen molar-refractivity contribution in [1.82, 2.24) is 4.90 Å². The highest BCUT2D eigenvalue weighted by Crippen LogP contribution is 2.26. The summed E-state index contributed by atoms with van der Waals surface area (Å²) in [4.78, 5) is 16.9. The summed E-state index contributed by atoms with van der Waals surface area (Å²) in [7, 11) is 0. The average molecular weight is 337 g/mol. The Balaban J connectivity index is 0.00000192. The average Bonchev–Trinajstić information content (AvgIpc) is 2.74. The Morgan fingerprint density at radius 2 is 1.70 bits per heavy atom. The summed E-state index contributed by atoms with van der Waals surface area (Å²) < 4.78 is 0. The molecule has 0 aromatic heterocycles. The Labute approximate surface area is 146 Å². The van der Waals surface area contributed by atoms with Crippen LogP contribution in [0.25, 0.3) is 0 Å². The molecule has 1 unspecified atom stereocenters. The van der Waals surface area contributed by atoms with Gasteiger partial charge in [-0.25, -0.2) is 0 Å². The maximum absolute atomic E-state index is 12.4. The molecule has 1 aromatic carbocycles. The van der Waals surface area contributed by atoms with E-state index in [1.54, 1.807) is 0 Å². The van der Waals surface area contributed by atoms with E-state index in [9.17, 15) is 4.79 Å². The van der Waals surface area contributed by atoms with Crippen LogP contribution >= 0.6 is 12.4 Å². The van der Waals surface area contributed by atoms with Gasteiger partial charge in [-0.15, -0.1) is 12.4 Å². The predicted octanol–water partition coefficient (Wildman–Crippen LogP) is 3.90. The van der Waals surface area contributed by atoms with E-state index in [4.69, 9.17) is 0 Å². The number of carbonyl (C=O) groups is 1. The molecule has 0 radical (unpaired) electrons. The van der Waals surface area contributed by atoms with Gasteiger partial charge in [-0.2, -0.15) is 0 Å². The minimum Gasteiger partial charge on any atom is -0.312 e. The maximum Gasteiger partial charge on any atom is 0.227 e. The highest BCUT2D eigenvalue weighted by atomic mass is 35.5. The van der Waals surface area contributed by atoms with Crippen molar-refractivity contribution in [3.63, 3.8) is 0 Å². The van der Waals surface area contributed by atoms with Gasteiger partial charge in [-0.05, 0) is 56.0 Å². The van der Waals surface area contributed by atoms with Crippen LogP contribution in [0.15, 0.2) is 24.3 Å². The van der Waals surface area contributed by atoms with Gasteiger partial charge in [0.2, 0.25) is 5.91 Å². The fraction of sp³-hybridized carbons (Fsp3) is 0.632. The zero-order valence-corrected chi connectivity index (χ0v) is 15.0. The minimum absolute atomic E-state index is 0. The molecule has 23 heavy (non-hydrogen) atoms. The van der Waals surface area contributed by atoms with Crippen LogP contribution in [0.1, 0.15) is 44.6 Å². The molecule has 128 valence electrons. The molecule has 0 saturated carbocycles. The summed E-state index contributed by atoms with van der Waals surface area (Å²) in [5.41, 5.74) is 2.40. The Hall–Kier alpha value is -1.06. The highest BCUT2D eigenvalue weighted by Gasteiger charge is 2.31. The van der Waals surface area contributed by atoms with Crippen LogP contribution in [0.4, 0.5) is 5.69 Å². The quantitative estimate of drug-likeness (QED) is 0.832.